The van der Waals surface area contributed by atoms with Crippen LogP contribution in [-0.4, -0.2) is 24.5 Å². The molecule has 10 aromatic rings. The standard InChI is InChI=1S/C50H33N5/c1-4-16-34(17-5-1)39-22-10-13-25-43(39)48-52-47(36-18-6-2-7-19-36)53-49(54-48)44-33-32-40(41-23-11-12-24-42(41)44)35-28-30-37(31-29-35)50-51-45-26-14-15-27-46(45)55(50)38-20-8-3-9-21-38/h1-33H. The molecule has 5 heteroatoms. The first-order valence-corrected chi connectivity index (χ1v) is 18.4. The van der Waals surface area contributed by atoms with E-state index in [9.17, 15) is 0 Å². The molecule has 2 heterocycles. The van der Waals surface area contributed by atoms with Crippen LogP contribution >= 0.6 is 0 Å². The molecule has 0 aliphatic carbocycles. The Morgan fingerprint density at radius 1 is 0.291 bits per heavy atom. The summed E-state index contributed by atoms with van der Waals surface area (Å²) in [4.78, 5) is 20.5. The van der Waals surface area contributed by atoms with Gasteiger partial charge in [-0.25, -0.2) is 19.9 Å². The van der Waals surface area contributed by atoms with Crippen LogP contribution in [-0.2, 0) is 0 Å². The van der Waals surface area contributed by atoms with E-state index in [1.807, 2.05) is 54.6 Å². The van der Waals surface area contributed by atoms with E-state index in [0.717, 1.165) is 77.8 Å². The quantitative estimate of drug-likeness (QED) is 0.166. The molecule has 0 saturated heterocycles. The summed E-state index contributed by atoms with van der Waals surface area (Å²) in [6, 6.07) is 69.2. The first-order valence-electron chi connectivity index (χ1n) is 18.4. The summed E-state index contributed by atoms with van der Waals surface area (Å²) in [5.74, 6) is 2.81. The zero-order valence-electron chi connectivity index (χ0n) is 29.8. The van der Waals surface area contributed by atoms with Gasteiger partial charge in [0.15, 0.2) is 17.5 Å². The van der Waals surface area contributed by atoms with E-state index in [2.05, 4.69) is 150 Å². The van der Waals surface area contributed by atoms with Gasteiger partial charge in [-0.05, 0) is 63.4 Å². The Morgan fingerprint density at radius 2 is 0.782 bits per heavy atom. The van der Waals surface area contributed by atoms with Crippen LogP contribution in [0.5, 0.6) is 0 Å². The molecular formula is C50H33N5. The van der Waals surface area contributed by atoms with Gasteiger partial charge in [-0.3, -0.25) is 4.57 Å². The first-order chi connectivity index (χ1) is 27.3. The van der Waals surface area contributed by atoms with Crippen molar-refractivity contribution in [1.82, 2.24) is 24.5 Å². The highest BCUT2D eigenvalue weighted by Gasteiger charge is 2.19. The Hall–Kier alpha value is -7.50. The summed E-state index contributed by atoms with van der Waals surface area (Å²) in [7, 11) is 0. The Morgan fingerprint density at radius 3 is 1.51 bits per heavy atom. The van der Waals surface area contributed by atoms with Gasteiger partial charge in [-0.1, -0.05) is 170 Å². The lowest BCUT2D eigenvalue weighted by molar-refractivity contribution is 1.08. The largest absolute Gasteiger partial charge is 0.292 e. The minimum Gasteiger partial charge on any atom is -0.292 e. The zero-order chi connectivity index (χ0) is 36.6. The van der Waals surface area contributed by atoms with Crippen LogP contribution in [0.1, 0.15) is 0 Å². The maximum absolute atomic E-state index is 5.20. The topological polar surface area (TPSA) is 56.5 Å². The van der Waals surface area contributed by atoms with Crippen molar-refractivity contribution in [3.05, 3.63) is 200 Å². The monoisotopic (exact) mass is 703 g/mol. The second kappa shape index (κ2) is 13.8. The molecule has 0 N–H and O–H groups in total. The molecule has 0 aliphatic heterocycles. The summed E-state index contributed by atoms with van der Waals surface area (Å²) in [6.07, 6.45) is 0. The fourth-order valence-corrected chi connectivity index (χ4v) is 7.48. The van der Waals surface area contributed by atoms with Gasteiger partial charge in [-0.15, -0.1) is 0 Å². The van der Waals surface area contributed by atoms with Gasteiger partial charge in [0.25, 0.3) is 0 Å². The molecule has 0 radical (unpaired) electrons. The van der Waals surface area contributed by atoms with Crippen molar-refractivity contribution in [2.24, 2.45) is 0 Å². The number of nitrogens with zero attached hydrogens (tertiary/aromatic N) is 5. The molecule has 2 aromatic heterocycles. The lowest BCUT2D eigenvalue weighted by Crippen LogP contribution is -2.01. The van der Waals surface area contributed by atoms with Crippen LogP contribution in [0, 0.1) is 0 Å². The number of imidazole rings is 1. The summed E-state index contributed by atoms with van der Waals surface area (Å²) >= 11 is 0. The Bertz CT molecular complexity index is 2950. The molecule has 10 rings (SSSR count). The smallest absolute Gasteiger partial charge is 0.164 e. The zero-order valence-corrected chi connectivity index (χ0v) is 29.8. The number of hydrogen-bond acceptors (Lipinski definition) is 4. The van der Waals surface area contributed by atoms with Gasteiger partial charge in [0.05, 0.1) is 11.0 Å². The number of fused-ring (bicyclic) bond motifs is 2. The highest BCUT2D eigenvalue weighted by molar-refractivity contribution is 6.04. The summed E-state index contributed by atoms with van der Waals surface area (Å²) in [6.45, 7) is 0. The maximum Gasteiger partial charge on any atom is 0.164 e. The SMILES string of the molecule is c1ccc(-c2nc(-c3ccccc3-c3ccccc3)nc(-c3ccc(-c4ccc(-c5nc6ccccc6n5-c5ccccc5)cc4)c4ccccc34)n2)cc1. The molecule has 0 saturated carbocycles. The minimum absolute atomic E-state index is 0.629. The molecule has 0 spiro atoms. The predicted octanol–water partition coefficient (Wildman–Crippen LogP) is 12.4. The normalized spacial score (nSPS) is 11.3. The van der Waals surface area contributed by atoms with Crippen LogP contribution in [0.15, 0.2) is 200 Å². The maximum atomic E-state index is 5.20. The molecule has 0 amide bonds. The van der Waals surface area contributed by atoms with Crippen molar-refractivity contribution >= 4 is 21.8 Å². The number of benzene rings is 8. The molecule has 5 nitrogen and oxygen atoms in total. The first kappa shape index (κ1) is 32.2. The molecule has 8 aromatic carbocycles. The predicted molar refractivity (Wildman–Crippen MR) is 225 cm³/mol. The average molecular weight is 704 g/mol. The van der Waals surface area contributed by atoms with Crippen molar-refractivity contribution < 1.29 is 0 Å². The van der Waals surface area contributed by atoms with E-state index < -0.39 is 0 Å². The van der Waals surface area contributed by atoms with E-state index in [1.54, 1.807) is 0 Å². The molecular weight excluding hydrogens is 671 g/mol. The Kier molecular flexibility index (Phi) is 8.08. The third-order valence-corrected chi connectivity index (χ3v) is 10.1. The van der Waals surface area contributed by atoms with Crippen molar-refractivity contribution in [1.29, 1.82) is 0 Å². The van der Waals surface area contributed by atoms with Crippen LogP contribution in [0.2, 0.25) is 0 Å². The lowest BCUT2D eigenvalue weighted by atomic mass is 9.94. The fourth-order valence-electron chi connectivity index (χ4n) is 7.48. The molecule has 0 bridgehead atoms. The van der Waals surface area contributed by atoms with Gasteiger partial charge < -0.3 is 0 Å². The van der Waals surface area contributed by atoms with Gasteiger partial charge >= 0.3 is 0 Å². The second-order valence-electron chi connectivity index (χ2n) is 13.5. The Labute approximate surface area is 318 Å². The Balaban J connectivity index is 1.09. The number of hydrogen-bond donors (Lipinski definition) is 0. The van der Waals surface area contributed by atoms with Gasteiger partial charge in [0.2, 0.25) is 0 Å². The molecule has 258 valence electrons. The third-order valence-electron chi connectivity index (χ3n) is 10.1. The second-order valence-corrected chi connectivity index (χ2v) is 13.5. The number of aromatic nitrogens is 5. The molecule has 0 fully saturated rings. The summed E-state index contributed by atoms with van der Waals surface area (Å²) in [5, 5.41) is 2.19. The number of para-hydroxylation sites is 3. The van der Waals surface area contributed by atoms with Gasteiger partial charge in [-0.2, -0.15) is 0 Å². The van der Waals surface area contributed by atoms with Crippen molar-refractivity contribution in [2.75, 3.05) is 0 Å². The van der Waals surface area contributed by atoms with Crippen LogP contribution in [0.3, 0.4) is 0 Å². The van der Waals surface area contributed by atoms with Crippen molar-refractivity contribution in [2.45, 2.75) is 0 Å². The van der Waals surface area contributed by atoms with Crippen LogP contribution in [0.4, 0.5) is 0 Å². The van der Waals surface area contributed by atoms with E-state index in [-0.39, 0.29) is 0 Å². The lowest BCUT2D eigenvalue weighted by Gasteiger charge is -2.14. The van der Waals surface area contributed by atoms with Crippen LogP contribution < -0.4 is 0 Å². The van der Waals surface area contributed by atoms with Crippen molar-refractivity contribution in [3.8, 4) is 73.5 Å². The van der Waals surface area contributed by atoms with Crippen LogP contribution in [0.25, 0.3) is 95.3 Å². The highest BCUT2D eigenvalue weighted by atomic mass is 15.1. The van der Waals surface area contributed by atoms with E-state index in [1.165, 1.54) is 0 Å². The third kappa shape index (κ3) is 5.94. The van der Waals surface area contributed by atoms with Gasteiger partial charge in [0, 0.05) is 27.9 Å². The minimum atomic E-state index is 0.629. The van der Waals surface area contributed by atoms with E-state index in [0.29, 0.717) is 17.5 Å². The molecule has 55 heavy (non-hydrogen) atoms. The summed E-state index contributed by atoms with van der Waals surface area (Å²) in [5.41, 5.74) is 11.4. The summed E-state index contributed by atoms with van der Waals surface area (Å²) < 4.78 is 2.24. The highest BCUT2D eigenvalue weighted by Crippen LogP contribution is 2.38. The van der Waals surface area contributed by atoms with E-state index >= 15 is 0 Å². The average Bonchev–Trinajstić information content (AvgIpc) is 3.67. The number of rotatable bonds is 7. The van der Waals surface area contributed by atoms with Crippen molar-refractivity contribution in [3.63, 3.8) is 0 Å². The van der Waals surface area contributed by atoms with E-state index in [4.69, 9.17) is 19.9 Å². The fraction of sp³-hybridized carbons (Fsp3) is 0. The molecule has 0 atom stereocenters. The molecule has 0 aliphatic rings. The van der Waals surface area contributed by atoms with Gasteiger partial charge in [0.1, 0.15) is 5.82 Å². The molecule has 0 unspecified atom stereocenters.